The van der Waals surface area contributed by atoms with Crippen LogP contribution >= 0.6 is 0 Å². The predicted molar refractivity (Wildman–Crippen MR) is 62.8 cm³/mol. The van der Waals surface area contributed by atoms with Crippen molar-refractivity contribution in [2.75, 3.05) is 19.7 Å². The minimum atomic E-state index is -0.213. The lowest BCUT2D eigenvalue weighted by Crippen LogP contribution is -2.37. The van der Waals surface area contributed by atoms with Crippen molar-refractivity contribution in [2.24, 2.45) is 5.73 Å². The van der Waals surface area contributed by atoms with Crippen LogP contribution in [0, 0.1) is 12.7 Å². The normalized spacial score (nSPS) is 12.8. The van der Waals surface area contributed by atoms with E-state index in [0.29, 0.717) is 12.1 Å². The van der Waals surface area contributed by atoms with Crippen molar-refractivity contribution >= 4 is 0 Å². The van der Waals surface area contributed by atoms with Gasteiger partial charge in [-0.3, -0.25) is 0 Å². The third-order valence-electron chi connectivity index (χ3n) is 2.45. The number of hydrogen-bond donors (Lipinski definition) is 3. The molecule has 16 heavy (non-hydrogen) atoms. The number of aliphatic hydroxyl groups excluding tert-OH is 1. The molecule has 1 atom stereocenters. The number of hydrogen-bond acceptors (Lipinski definition) is 3. The van der Waals surface area contributed by atoms with Crippen LogP contribution in [0.1, 0.15) is 11.1 Å². The van der Waals surface area contributed by atoms with Crippen LogP contribution in [0.15, 0.2) is 18.2 Å². The number of nitrogens with one attached hydrogen (secondary N) is 1. The molecule has 0 radical (unpaired) electrons. The fraction of sp³-hybridized carbons (Fsp3) is 0.500. The largest absolute Gasteiger partial charge is 0.395 e. The van der Waals surface area contributed by atoms with E-state index in [2.05, 4.69) is 5.32 Å². The van der Waals surface area contributed by atoms with Gasteiger partial charge in [0.25, 0.3) is 0 Å². The van der Waals surface area contributed by atoms with E-state index in [1.54, 1.807) is 13.0 Å². The zero-order valence-corrected chi connectivity index (χ0v) is 9.54. The second-order valence-electron chi connectivity index (χ2n) is 3.98. The second kappa shape index (κ2) is 6.58. The Labute approximate surface area is 95.5 Å². The number of nitrogens with two attached hydrogens (primary N) is 1. The summed E-state index contributed by atoms with van der Waals surface area (Å²) in [4.78, 5) is 0. The standard InChI is InChI=1S/C12H19FN2O/c1-9-6-10(2-3-12(9)13)4-5-15-7-11(14)8-16/h2-3,6,11,15-16H,4-5,7-8,14H2,1H3. The van der Waals surface area contributed by atoms with Crippen molar-refractivity contribution in [3.8, 4) is 0 Å². The van der Waals surface area contributed by atoms with Gasteiger partial charge in [0.05, 0.1) is 6.61 Å². The monoisotopic (exact) mass is 226 g/mol. The van der Waals surface area contributed by atoms with Crippen molar-refractivity contribution in [1.82, 2.24) is 5.32 Å². The third kappa shape index (κ3) is 4.26. The molecule has 1 unspecified atom stereocenters. The van der Waals surface area contributed by atoms with Crippen LogP contribution in [-0.4, -0.2) is 30.8 Å². The zero-order valence-electron chi connectivity index (χ0n) is 9.54. The van der Waals surface area contributed by atoms with E-state index in [-0.39, 0.29) is 18.5 Å². The maximum absolute atomic E-state index is 13.0. The summed E-state index contributed by atoms with van der Waals surface area (Å²) in [5.74, 6) is -0.168. The molecule has 0 heterocycles. The molecule has 0 saturated carbocycles. The lowest BCUT2D eigenvalue weighted by atomic mass is 10.1. The highest BCUT2D eigenvalue weighted by molar-refractivity contribution is 5.24. The summed E-state index contributed by atoms with van der Waals surface area (Å²) in [5, 5.41) is 11.9. The smallest absolute Gasteiger partial charge is 0.126 e. The summed E-state index contributed by atoms with van der Waals surface area (Å²) < 4.78 is 13.0. The summed E-state index contributed by atoms with van der Waals surface area (Å²) in [7, 11) is 0. The van der Waals surface area contributed by atoms with Crippen molar-refractivity contribution in [3.63, 3.8) is 0 Å². The molecule has 1 aromatic rings. The highest BCUT2D eigenvalue weighted by Crippen LogP contribution is 2.09. The number of benzene rings is 1. The fourth-order valence-corrected chi connectivity index (χ4v) is 1.45. The van der Waals surface area contributed by atoms with Crippen molar-refractivity contribution < 1.29 is 9.50 Å². The van der Waals surface area contributed by atoms with Crippen molar-refractivity contribution in [1.29, 1.82) is 0 Å². The van der Waals surface area contributed by atoms with Gasteiger partial charge in [-0.05, 0) is 37.1 Å². The van der Waals surface area contributed by atoms with Gasteiger partial charge < -0.3 is 16.2 Å². The van der Waals surface area contributed by atoms with Crippen LogP contribution in [0.4, 0.5) is 4.39 Å². The molecule has 0 fully saturated rings. The average Bonchev–Trinajstić information content (AvgIpc) is 2.28. The minimum Gasteiger partial charge on any atom is -0.395 e. The lowest BCUT2D eigenvalue weighted by molar-refractivity contribution is 0.262. The minimum absolute atomic E-state index is 0.0113. The number of aryl methyl sites for hydroxylation is 1. The SMILES string of the molecule is Cc1cc(CCNCC(N)CO)ccc1F. The molecule has 0 aliphatic rings. The van der Waals surface area contributed by atoms with Crippen molar-refractivity contribution in [2.45, 2.75) is 19.4 Å². The molecule has 0 saturated heterocycles. The average molecular weight is 226 g/mol. The van der Waals surface area contributed by atoms with E-state index in [1.807, 2.05) is 6.07 Å². The molecule has 0 aromatic heterocycles. The molecule has 90 valence electrons. The summed E-state index contributed by atoms with van der Waals surface area (Å²) in [6, 6.07) is 4.92. The summed E-state index contributed by atoms with van der Waals surface area (Å²) >= 11 is 0. The van der Waals surface area contributed by atoms with E-state index >= 15 is 0 Å². The molecule has 0 spiro atoms. The molecular weight excluding hydrogens is 207 g/mol. The Bertz CT molecular complexity index is 331. The van der Waals surface area contributed by atoms with Gasteiger partial charge in [0.15, 0.2) is 0 Å². The van der Waals surface area contributed by atoms with Gasteiger partial charge in [-0.15, -0.1) is 0 Å². The molecule has 0 bridgehead atoms. The number of halogens is 1. The molecule has 4 heteroatoms. The van der Waals surface area contributed by atoms with E-state index < -0.39 is 0 Å². The Kier molecular flexibility index (Phi) is 5.38. The first kappa shape index (κ1) is 13.1. The van der Waals surface area contributed by atoms with E-state index in [1.165, 1.54) is 6.07 Å². The second-order valence-corrected chi connectivity index (χ2v) is 3.98. The van der Waals surface area contributed by atoms with Gasteiger partial charge in [0.2, 0.25) is 0 Å². The van der Waals surface area contributed by atoms with Crippen LogP contribution in [0.5, 0.6) is 0 Å². The Morgan fingerprint density at radius 1 is 1.50 bits per heavy atom. The molecule has 0 aliphatic carbocycles. The van der Waals surface area contributed by atoms with Crippen LogP contribution in [-0.2, 0) is 6.42 Å². The highest BCUT2D eigenvalue weighted by Gasteiger charge is 2.01. The molecule has 1 rings (SSSR count). The first-order valence-electron chi connectivity index (χ1n) is 5.45. The summed E-state index contributed by atoms with van der Waals surface area (Å²) in [6.07, 6.45) is 0.833. The summed E-state index contributed by atoms with van der Waals surface area (Å²) in [6.45, 7) is 3.12. The molecule has 0 amide bonds. The Morgan fingerprint density at radius 3 is 2.88 bits per heavy atom. The highest BCUT2D eigenvalue weighted by atomic mass is 19.1. The first-order valence-corrected chi connectivity index (χ1v) is 5.45. The maximum Gasteiger partial charge on any atom is 0.126 e. The number of aliphatic hydroxyl groups is 1. The van der Waals surface area contributed by atoms with Gasteiger partial charge in [-0.25, -0.2) is 4.39 Å². The summed E-state index contributed by atoms with van der Waals surface area (Å²) in [5.41, 5.74) is 7.31. The zero-order chi connectivity index (χ0) is 12.0. The van der Waals surface area contributed by atoms with Gasteiger partial charge >= 0.3 is 0 Å². The van der Waals surface area contributed by atoms with Gasteiger partial charge in [-0.2, -0.15) is 0 Å². The molecule has 0 aliphatic heterocycles. The Hall–Kier alpha value is -0.970. The van der Waals surface area contributed by atoms with Gasteiger partial charge in [0.1, 0.15) is 5.82 Å². The van der Waals surface area contributed by atoms with E-state index in [4.69, 9.17) is 10.8 Å². The van der Waals surface area contributed by atoms with E-state index in [9.17, 15) is 4.39 Å². The molecule has 3 nitrogen and oxygen atoms in total. The fourth-order valence-electron chi connectivity index (χ4n) is 1.45. The Balaban J connectivity index is 2.29. The van der Waals surface area contributed by atoms with Gasteiger partial charge in [0, 0.05) is 12.6 Å². The van der Waals surface area contributed by atoms with Crippen LogP contribution < -0.4 is 11.1 Å². The third-order valence-corrected chi connectivity index (χ3v) is 2.45. The topological polar surface area (TPSA) is 58.3 Å². The Morgan fingerprint density at radius 2 is 2.25 bits per heavy atom. The van der Waals surface area contributed by atoms with Crippen LogP contribution in [0.3, 0.4) is 0 Å². The molecule has 4 N–H and O–H groups in total. The van der Waals surface area contributed by atoms with Crippen molar-refractivity contribution in [3.05, 3.63) is 35.1 Å². The van der Waals surface area contributed by atoms with Crippen LogP contribution in [0.25, 0.3) is 0 Å². The maximum atomic E-state index is 13.0. The van der Waals surface area contributed by atoms with E-state index in [0.717, 1.165) is 18.5 Å². The number of rotatable bonds is 6. The predicted octanol–water partition coefficient (Wildman–Crippen LogP) is 0.586. The molecule has 1 aromatic carbocycles. The quantitative estimate of drug-likeness (QED) is 0.622. The van der Waals surface area contributed by atoms with Crippen LogP contribution in [0.2, 0.25) is 0 Å². The molecular formula is C12H19FN2O. The van der Waals surface area contributed by atoms with Gasteiger partial charge in [-0.1, -0.05) is 12.1 Å². The lowest BCUT2D eigenvalue weighted by Gasteiger charge is -2.09. The first-order chi connectivity index (χ1) is 7.63.